The van der Waals surface area contributed by atoms with Crippen LogP contribution in [0.1, 0.15) is 64.0 Å². The van der Waals surface area contributed by atoms with Gasteiger partial charge in [-0.25, -0.2) is 14.7 Å². The number of amides is 1. The van der Waals surface area contributed by atoms with Gasteiger partial charge in [-0.1, -0.05) is 33.8 Å². The van der Waals surface area contributed by atoms with E-state index >= 15 is 0 Å². The number of nitrogen functional groups attached to an aromatic ring is 1. The zero-order chi connectivity index (χ0) is 24.1. The van der Waals surface area contributed by atoms with Crippen molar-refractivity contribution in [3.05, 3.63) is 35.5 Å². The normalized spacial score (nSPS) is 18.7. The number of nitrogens with one attached hydrogen (secondary N) is 1. The molecule has 0 bridgehead atoms. The molecule has 0 saturated carbocycles. The molecule has 32 heavy (non-hydrogen) atoms. The average Bonchev–Trinajstić information content (AvgIpc) is 2.92. The van der Waals surface area contributed by atoms with Crippen molar-refractivity contribution < 1.29 is 13.2 Å². The van der Waals surface area contributed by atoms with Crippen LogP contribution in [-0.2, 0) is 15.4 Å². The molecule has 8 nitrogen and oxygen atoms in total. The molecule has 0 aromatic carbocycles. The van der Waals surface area contributed by atoms with Crippen LogP contribution in [0.2, 0.25) is 0 Å². The summed E-state index contributed by atoms with van der Waals surface area (Å²) in [4.78, 5) is 24.2. The Kier molecular flexibility index (Phi) is 6.16. The number of rotatable bonds is 4. The molecule has 2 aromatic heterocycles. The maximum absolute atomic E-state index is 13.3. The van der Waals surface area contributed by atoms with E-state index in [9.17, 15) is 13.2 Å². The molecular weight excluding hydrogens is 442 g/mol. The molecule has 10 heteroatoms. The van der Waals surface area contributed by atoms with E-state index in [1.54, 1.807) is 6.07 Å². The molecule has 2 aromatic rings. The van der Waals surface area contributed by atoms with Gasteiger partial charge in [-0.15, -0.1) is 0 Å². The summed E-state index contributed by atoms with van der Waals surface area (Å²) in [6, 6.07) is 6.07. The molecule has 1 aliphatic rings. The fourth-order valence-electron chi connectivity index (χ4n) is 4.50. The molecule has 3 rings (SSSR count). The third-order valence-electron chi connectivity index (χ3n) is 5.72. The lowest BCUT2D eigenvalue weighted by molar-refractivity contribution is 0.0981. The fourth-order valence-corrected chi connectivity index (χ4v) is 6.60. The average molecular weight is 476 g/mol. The van der Waals surface area contributed by atoms with E-state index in [1.165, 1.54) is 18.2 Å². The highest BCUT2D eigenvalue weighted by Gasteiger charge is 2.40. The van der Waals surface area contributed by atoms with E-state index in [0.29, 0.717) is 22.0 Å². The minimum Gasteiger partial charge on any atom is -0.384 e. The van der Waals surface area contributed by atoms with Crippen LogP contribution in [0.4, 0.5) is 11.6 Å². The van der Waals surface area contributed by atoms with Crippen molar-refractivity contribution in [3.8, 4) is 0 Å². The smallest absolute Gasteiger partial charge is 0.281 e. The summed E-state index contributed by atoms with van der Waals surface area (Å²) in [6.07, 6.45) is 0.953. The highest BCUT2D eigenvalue weighted by atomic mass is 32.2. The summed E-state index contributed by atoms with van der Waals surface area (Å²) in [5.41, 5.74) is 6.41. The standard InChI is InChI=1S/C22H33N5O3SSi/c1-13-11-22(5,6)27(12-13)19-14(10-15(32)18(25-19)21(2,3)4)20(28)26-31(29,30)17-9-7-8-16(23)24-17/h7-10,13H,11-12H2,1-6,32H3,(H2,23,24)(H,26,28). The first-order valence-electron chi connectivity index (χ1n) is 10.7. The molecule has 1 unspecified atom stereocenters. The molecule has 3 N–H and O–H groups in total. The second kappa shape index (κ2) is 8.15. The van der Waals surface area contributed by atoms with Gasteiger partial charge in [0.05, 0.1) is 5.56 Å². The molecule has 0 aliphatic carbocycles. The van der Waals surface area contributed by atoms with Crippen LogP contribution in [-0.4, -0.2) is 46.6 Å². The summed E-state index contributed by atoms with van der Waals surface area (Å²) in [7, 11) is -3.51. The van der Waals surface area contributed by atoms with Gasteiger partial charge in [0.2, 0.25) is 0 Å². The number of aromatic nitrogens is 2. The number of carbonyl (C=O) groups is 1. The number of hydrogen-bond acceptors (Lipinski definition) is 7. The third-order valence-corrected chi connectivity index (χ3v) is 7.72. The van der Waals surface area contributed by atoms with Crippen LogP contribution >= 0.6 is 0 Å². The third kappa shape index (κ3) is 4.80. The van der Waals surface area contributed by atoms with E-state index < -0.39 is 15.9 Å². The summed E-state index contributed by atoms with van der Waals surface area (Å²) < 4.78 is 27.8. The van der Waals surface area contributed by atoms with Gasteiger partial charge in [-0.2, -0.15) is 8.42 Å². The molecular formula is C22H33N5O3SSi. The molecule has 1 atom stereocenters. The number of nitrogens with two attached hydrogens (primary N) is 1. The topological polar surface area (TPSA) is 118 Å². The van der Waals surface area contributed by atoms with Crippen LogP contribution in [0, 0.1) is 5.92 Å². The van der Waals surface area contributed by atoms with Gasteiger partial charge in [0.25, 0.3) is 15.9 Å². The fraction of sp³-hybridized carbons (Fsp3) is 0.500. The van der Waals surface area contributed by atoms with Crippen LogP contribution in [0.15, 0.2) is 29.3 Å². The Labute approximate surface area is 193 Å². The largest absolute Gasteiger partial charge is 0.384 e. The first-order valence-corrected chi connectivity index (χ1v) is 13.2. The van der Waals surface area contributed by atoms with Crippen LogP contribution in [0.3, 0.4) is 0 Å². The van der Waals surface area contributed by atoms with Gasteiger partial charge in [0, 0.05) is 33.4 Å². The Morgan fingerprint density at radius 2 is 1.94 bits per heavy atom. The summed E-state index contributed by atoms with van der Waals surface area (Å²) in [6.45, 7) is 13.4. The lowest BCUT2D eigenvalue weighted by Crippen LogP contribution is -2.42. The Bertz CT molecular complexity index is 1160. The van der Waals surface area contributed by atoms with Crippen molar-refractivity contribution in [2.75, 3.05) is 17.2 Å². The molecule has 174 valence electrons. The Morgan fingerprint density at radius 3 is 2.47 bits per heavy atom. The predicted molar refractivity (Wildman–Crippen MR) is 131 cm³/mol. The Hall–Kier alpha value is -2.46. The SMILES string of the molecule is CC1CN(c2nc(C(C)(C)C)c([SiH3])cc2C(=O)NS(=O)(=O)c2cccc(N)n2)C(C)(C)C1. The van der Waals surface area contributed by atoms with Crippen LogP contribution in [0.25, 0.3) is 0 Å². The molecule has 0 radical (unpaired) electrons. The Balaban J connectivity index is 2.11. The predicted octanol–water partition coefficient (Wildman–Crippen LogP) is 1.09. The Morgan fingerprint density at radius 1 is 1.28 bits per heavy atom. The number of pyridine rings is 2. The maximum atomic E-state index is 13.3. The molecule has 3 heterocycles. The lowest BCUT2D eigenvalue weighted by atomic mass is 9.90. The summed E-state index contributed by atoms with van der Waals surface area (Å²) in [5.74, 6) is 0.297. The van der Waals surface area contributed by atoms with Gasteiger partial charge < -0.3 is 10.6 Å². The molecule has 1 fully saturated rings. The lowest BCUT2D eigenvalue weighted by Gasteiger charge is -2.35. The van der Waals surface area contributed by atoms with Crippen molar-refractivity contribution in [2.45, 2.75) is 63.9 Å². The zero-order valence-corrected chi connectivity index (χ0v) is 22.7. The first-order chi connectivity index (χ1) is 14.6. The van der Waals surface area contributed by atoms with Crippen molar-refractivity contribution >= 4 is 43.0 Å². The van der Waals surface area contributed by atoms with E-state index in [1.807, 2.05) is 0 Å². The van der Waals surface area contributed by atoms with Gasteiger partial charge in [-0.05, 0) is 49.6 Å². The van der Waals surface area contributed by atoms with Crippen molar-refractivity contribution in [1.82, 2.24) is 14.7 Å². The van der Waals surface area contributed by atoms with Gasteiger partial charge in [-0.3, -0.25) is 4.79 Å². The van der Waals surface area contributed by atoms with E-state index in [-0.39, 0.29) is 27.4 Å². The number of anilines is 2. The monoisotopic (exact) mass is 475 g/mol. The number of sulfonamides is 1. The molecule has 1 aliphatic heterocycles. The second-order valence-corrected chi connectivity index (χ2v) is 13.0. The van der Waals surface area contributed by atoms with E-state index in [2.05, 4.69) is 56.1 Å². The molecule has 0 spiro atoms. The van der Waals surface area contributed by atoms with Gasteiger partial charge >= 0.3 is 0 Å². The highest BCUT2D eigenvalue weighted by molar-refractivity contribution is 7.90. The van der Waals surface area contributed by atoms with E-state index in [4.69, 9.17) is 10.7 Å². The van der Waals surface area contributed by atoms with Crippen molar-refractivity contribution in [3.63, 3.8) is 0 Å². The van der Waals surface area contributed by atoms with Crippen LogP contribution in [0.5, 0.6) is 0 Å². The number of nitrogens with zero attached hydrogens (tertiary/aromatic N) is 3. The molecule has 1 amide bonds. The van der Waals surface area contributed by atoms with Gasteiger partial charge in [0.1, 0.15) is 11.6 Å². The zero-order valence-electron chi connectivity index (χ0n) is 19.9. The first kappa shape index (κ1) is 24.2. The maximum Gasteiger partial charge on any atom is 0.281 e. The van der Waals surface area contributed by atoms with E-state index in [0.717, 1.165) is 23.8 Å². The highest BCUT2D eigenvalue weighted by Crippen LogP contribution is 2.38. The molecule has 1 saturated heterocycles. The number of hydrogen-bond donors (Lipinski definition) is 2. The van der Waals surface area contributed by atoms with Crippen molar-refractivity contribution in [2.24, 2.45) is 5.92 Å². The van der Waals surface area contributed by atoms with Crippen LogP contribution < -0.4 is 20.5 Å². The minimum atomic E-state index is -4.19. The summed E-state index contributed by atoms with van der Waals surface area (Å²) >= 11 is 0. The van der Waals surface area contributed by atoms with Gasteiger partial charge in [0.15, 0.2) is 5.03 Å². The second-order valence-electron chi connectivity index (χ2n) is 10.3. The quantitative estimate of drug-likeness (QED) is 0.636. The minimum absolute atomic E-state index is 0.0619. The van der Waals surface area contributed by atoms with Crippen molar-refractivity contribution in [1.29, 1.82) is 0 Å². The summed E-state index contributed by atoms with van der Waals surface area (Å²) in [5, 5.41) is 0.670. The number of carbonyl (C=O) groups excluding carboxylic acids is 1.